The second kappa shape index (κ2) is 14.8. The summed E-state index contributed by atoms with van der Waals surface area (Å²) in [4.78, 5) is 17.9. The van der Waals surface area contributed by atoms with Crippen LogP contribution >= 0.6 is 0 Å². The van der Waals surface area contributed by atoms with Gasteiger partial charge in [0.05, 0.1) is 0 Å². The van der Waals surface area contributed by atoms with E-state index in [1.54, 1.807) is 0 Å². The first-order chi connectivity index (χ1) is 27.7. The maximum Gasteiger partial charge on any atom is 0.307 e. The summed E-state index contributed by atoms with van der Waals surface area (Å²) in [7, 11) is 0. The van der Waals surface area contributed by atoms with E-state index >= 15 is 0 Å². The molecule has 0 bridgehead atoms. The van der Waals surface area contributed by atoms with Crippen LogP contribution in [0.4, 0.5) is 39.9 Å². The fraction of sp³-hybridized carbons (Fsp3) is 0. The van der Waals surface area contributed by atoms with Crippen LogP contribution in [0.25, 0.3) is 48.9 Å². The van der Waals surface area contributed by atoms with Gasteiger partial charge in [-0.05, 0) is 94.7 Å². The zero-order chi connectivity index (χ0) is 37.8. The third-order valence-corrected chi connectivity index (χ3v) is 9.91. The molecule has 0 aliphatic carbocycles. The Morgan fingerprint density at radius 3 is 1.07 bits per heavy atom. The van der Waals surface area contributed by atoms with Gasteiger partial charge in [0.15, 0.2) is 11.2 Å². The number of aromatic nitrogens is 2. The topological polar surface area (TPSA) is 60.4 Å². The molecule has 0 atom stereocenters. The van der Waals surface area contributed by atoms with Gasteiger partial charge in [0.1, 0.15) is 11.6 Å². The molecule has 9 aromatic rings. The van der Waals surface area contributed by atoms with E-state index in [1.165, 1.54) is 0 Å². The van der Waals surface area contributed by atoms with Gasteiger partial charge in [-0.25, -0.2) is 4.98 Å². The Balaban J connectivity index is 1.22. The Hall–Kier alpha value is -8.06. The van der Waals surface area contributed by atoms with Crippen molar-refractivity contribution >= 4 is 61.7 Å². The van der Waals surface area contributed by atoms with E-state index in [2.05, 4.69) is 130 Å². The van der Waals surface area contributed by atoms with Gasteiger partial charge < -0.3 is 14.6 Å². The normalized spacial score (nSPS) is 10.8. The molecule has 0 unspecified atom stereocenters. The quantitative estimate of drug-likeness (QED) is 0.116. The molecule has 6 nitrogen and oxygen atoms in total. The van der Waals surface area contributed by atoms with Crippen molar-refractivity contribution in [3.63, 3.8) is 0 Å². The lowest BCUT2D eigenvalue weighted by Gasteiger charge is -2.26. The predicted molar refractivity (Wildman–Crippen MR) is 228 cm³/mol. The summed E-state index contributed by atoms with van der Waals surface area (Å²) in [6, 6.07) is 68.4. The zero-order valence-electron chi connectivity index (χ0n) is 30.2. The average molecular weight is 717 g/mol. The van der Waals surface area contributed by atoms with E-state index in [9.17, 15) is 5.26 Å². The summed E-state index contributed by atoms with van der Waals surface area (Å²) in [5.41, 5.74) is 10.9. The standard InChI is InChI=1S/C50H32N6/c1-52-50-45(34-51)53-48-46(35-26-30-41(31-27-35)55(37-16-6-2-7-17-37)38-18-8-3-9-19-38)43-24-14-15-25-44(43)47(49(48)54-50)36-28-32-42(33-29-36)56(39-20-10-4-11-21-39)40-22-12-5-13-23-40/h2-33H. The van der Waals surface area contributed by atoms with Crippen molar-refractivity contribution < 1.29 is 0 Å². The Morgan fingerprint density at radius 1 is 0.411 bits per heavy atom. The summed E-state index contributed by atoms with van der Waals surface area (Å²) in [6.45, 7) is 7.92. The SMILES string of the molecule is [C-]#[N+]c1nc2c(-c3ccc(N(c4ccccc4)c4ccccc4)cc3)c3ccccc3c(-c3ccc(N(c4ccccc4)c4ccccc4)cc3)c2nc1C#N. The molecule has 8 aromatic carbocycles. The van der Waals surface area contributed by atoms with Crippen LogP contribution < -0.4 is 9.80 Å². The van der Waals surface area contributed by atoms with Crippen LogP contribution in [0, 0.1) is 17.9 Å². The van der Waals surface area contributed by atoms with Crippen LogP contribution in [0.3, 0.4) is 0 Å². The van der Waals surface area contributed by atoms with Crippen LogP contribution in [-0.4, -0.2) is 9.97 Å². The van der Waals surface area contributed by atoms with Gasteiger partial charge in [0, 0.05) is 45.3 Å². The highest BCUT2D eigenvalue weighted by molar-refractivity contribution is 6.19. The number of fused-ring (bicyclic) bond motifs is 2. The second-order valence-corrected chi connectivity index (χ2v) is 13.2. The molecule has 0 N–H and O–H groups in total. The van der Waals surface area contributed by atoms with Crippen molar-refractivity contribution in [2.75, 3.05) is 9.80 Å². The number of nitriles is 1. The van der Waals surface area contributed by atoms with Gasteiger partial charge in [-0.3, -0.25) is 0 Å². The molecule has 6 heteroatoms. The van der Waals surface area contributed by atoms with Crippen molar-refractivity contribution in [1.82, 2.24) is 9.97 Å². The third-order valence-electron chi connectivity index (χ3n) is 9.91. The van der Waals surface area contributed by atoms with Gasteiger partial charge >= 0.3 is 5.82 Å². The van der Waals surface area contributed by atoms with Crippen LogP contribution in [-0.2, 0) is 0 Å². The molecule has 0 fully saturated rings. The van der Waals surface area contributed by atoms with E-state index in [4.69, 9.17) is 16.5 Å². The summed E-state index contributed by atoms with van der Waals surface area (Å²) in [5, 5.41) is 12.1. The van der Waals surface area contributed by atoms with Gasteiger partial charge in [-0.15, -0.1) is 4.98 Å². The maximum atomic E-state index is 10.1. The monoisotopic (exact) mass is 716 g/mol. The molecule has 0 radical (unpaired) electrons. The maximum absolute atomic E-state index is 10.1. The number of para-hydroxylation sites is 4. The van der Waals surface area contributed by atoms with Crippen molar-refractivity contribution in [3.05, 3.63) is 211 Å². The van der Waals surface area contributed by atoms with Crippen LogP contribution in [0.2, 0.25) is 0 Å². The van der Waals surface area contributed by atoms with E-state index in [0.717, 1.165) is 67.2 Å². The summed E-state index contributed by atoms with van der Waals surface area (Å²) in [6.07, 6.45) is 0. The number of hydrogen-bond acceptors (Lipinski definition) is 5. The molecule has 262 valence electrons. The fourth-order valence-electron chi connectivity index (χ4n) is 7.44. The minimum Gasteiger partial charge on any atom is -0.358 e. The van der Waals surface area contributed by atoms with Gasteiger partial charge in [-0.1, -0.05) is 128 Å². The highest BCUT2D eigenvalue weighted by Crippen LogP contribution is 2.45. The van der Waals surface area contributed by atoms with Gasteiger partial charge in [0.25, 0.3) is 0 Å². The van der Waals surface area contributed by atoms with Crippen LogP contribution in [0.15, 0.2) is 194 Å². The van der Waals surface area contributed by atoms with Crippen molar-refractivity contribution in [1.29, 1.82) is 5.26 Å². The number of anilines is 6. The fourth-order valence-corrected chi connectivity index (χ4v) is 7.44. The number of hydrogen-bond donors (Lipinski definition) is 0. The summed E-state index contributed by atoms with van der Waals surface area (Å²) in [5.74, 6) is -0.0184. The number of benzene rings is 8. The Labute approximate surface area is 325 Å². The van der Waals surface area contributed by atoms with E-state index in [-0.39, 0.29) is 11.5 Å². The zero-order valence-corrected chi connectivity index (χ0v) is 30.2. The minimum atomic E-state index is -0.0184. The molecule has 9 rings (SSSR count). The molecule has 0 spiro atoms. The smallest absolute Gasteiger partial charge is 0.307 e. The third kappa shape index (κ3) is 6.14. The Bertz CT molecular complexity index is 2620. The average Bonchev–Trinajstić information content (AvgIpc) is 3.27. The molecule has 0 saturated heterocycles. The van der Waals surface area contributed by atoms with Crippen molar-refractivity contribution in [2.24, 2.45) is 0 Å². The molecule has 0 amide bonds. The Kier molecular flexibility index (Phi) is 8.89. The van der Waals surface area contributed by atoms with Crippen LogP contribution in [0.1, 0.15) is 5.69 Å². The van der Waals surface area contributed by atoms with Gasteiger partial charge in [0.2, 0.25) is 0 Å². The molecule has 0 aliphatic heterocycles. The molecule has 0 aliphatic rings. The molecule has 56 heavy (non-hydrogen) atoms. The number of nitrogens with zero attached hydrogens (tertiary/aromatic N) is 6. The van der Waals surface area contributed by atoms with Gasteiger partial charge in [-0.2, -0.15) is 5.26 Å². The largest absolute Gasteiger partial charge is 0.358 e. The summed E-state index contributed by atoms with van der Waals surface area (Å²) < 4.78 is 0. The molecule has 1 aromatic heterocycles. The molecule has 1 heterocycles. The second-order valence-electron chi connectivity index (χ2n) is 13.2. The summed E-state index contributed by atoms with van der Waals surface area (Å²) >= 11 is 0. The van der Waals surface area contributed by atoms with E-state index in [0.29, 0.717) is 11.0 Å². The predicted octanol–water partition coefficient (Wildman–Crippen LogP) is 13.5. The minimum absolute atomic E-state index is 0.00245. The van der Waals surface area contributed by atoms with E-state index in [1.807, 2.05) is 84.9 Å². The van der Waals surface area contributed by atoms with Crippen molar-refractivity contribution in [2.45, 2.75) is 0 Å². The highest BCUT2D eigenvalue weighted by Gasteiger charge is 2.24. The van der Waals surface area contributed by atoms with Crippen LogP contribution in [0.5, 0.6) is 0 Å². The Morgan fingerprint density at radius 2 is 0.732 bits per heavy atom. The lowest BCUT2D eigenvalue weighted by Crippen LogP contribution is -2.09. The lowest BCUT2D eigenvalue weighted by molar-refractivity contribution is 1.26. The first-order valence-electron chi connectivity index (χ1n) is 18.3. The van der Waals surface area contributed by atoms with Crippen molar-refractivity contribution in [3.8, 4) is 28.3 Å². The first kappa shape index (κ1) is 33.8. The highest BCUT2D eigenvalue weighted by atomic mass is 15.1. The number of rotatable bonds is 8. The first-order valence-corrected chi connectivity index (χ1v) is 18.3. The molecular weight excluding hydrogens is 685 g/mol. The molecule has 0 saturated carbocycles. The van der Waals surface area contributed by atoms with E-state index < -0.39 is 0 Å². The molecular formula is C50H32N6. The lowest BCUT2D eigenvalue weighted by atomic mass is 9.89.